The average Bonchev–Trinajstić information content (AvgIpc) is 3.14. The maximum absolute atomic E-state index is 12.7. The Morgan fingerprint density at radius 2 is 2.14 bits per heavy atom. The maximum atomic E-state index is 12.7. The fraction of sp³-hybridized carbons (Fsp3) is 0.467. The highest BCUT2D eigenvalue weighted by atomic mass is 35.5. The number of nitrogens with two attached hydrogens (primary N) is 1. The molecule has 6 heteroatoms. The quantitative estimate of drug-likeness (QED) is 0.870. The van der Waals surface area contributed by atoms with Crippen LogP contribution >= 0.6 is 12.4 Å². The van der Waals surface area contributed by atoms with E-state index >= 15 is 0 Å². The molecule has 1 aliphatic heterocycles. The van der Waals surface area contributed by atoms with Gasteiger partial charge in [-0.25, -0.2) is 4.52 Å². The van der Waals surface area contributed by atoms with Crippen molar-refractivity contribution in [3.05, 3.63) is 36.2 Å². The predicted molar refractivity (Wildman–Crippen MR) is 82.5 cm³/mol. The molecule has 3 unspecified atom stereocenters. The Morgan fingerprint density at radius 1 is 1.29 bits per heavy atom. The Balaban J connectivity index is 0.00000132. The van der Waals surface area contributed by atoms with Crippen LogP contribution in [-0.4, -0.2) is 39.6 Å². The van der Waals surface area contributed by atoms with E-state index < -0.39 is 0 Å². The molecular formula is C15H19ClN4O. The summed E-state index contributed by atoms with van der Waals surface area (Å²) in [4.78, 5) is 14.6. The molecule has 1 saturated heterocycles. The summed E-state index contributed by atoms with van der Waals surface area (Å²) in [7, 11) is 0. The fourth-order valence-electron chi connectivity index (χ4n) is 3.74. The van der Waals surface area contributed by atoms with Crippen LogP contribution in [0.15, 0.2) is 30.6 Å². The van der Waals surface area contributed by atoms with Crippen molar-refractivity contribution in [3.63, 3.8) is 0 Å². The van der Waals surface area contributed by atoms with Crippen LogP contribution in [0.1, 0.15) is 23.2 Å². The number of hydrogen-bond donors (Lipinski definition) is 1. The van der Waals surface area contributed by atoms with Crippen LogP contribution in [0.3, 0.4) is 0 Å². The molecule has 1 amide bonds. The van der Waals surface area contributed by atoms with Gasteiger partial charge in [-0.3, -0.25) is 4.79 Å². The number of rotatable bonds is 1. The van der Waals surface area contributed by atoms with Gasteiger partial charge in [0.25, 0.3) is 5.91 Å². The molecule has 3 heterocycles. The summed E-state index contributed by atoms with van der Waals surface area (Å²) in [5.74, 6) is 1.17. The zero-order valence-electron chi connectivity index (χ0n) is 11.7. The first-order valence-corrected chi connectivity index (χ1v) is 7.21. The second-order valence-electron chi connectivity index (χ2n) is 5.96. The van der Waals surface area contributed by atoms with Crippen LogP contribution in [0.4, 0.5) is 0 Å². The van der Waals surface area contributed by atoms with Crippen molar-refractivity contribution in [2.45, 2.75) is 18.9 Å². The van der Waals surface area contributed by atoms with E-state index in [-0.39, 0.29) is 24.4 Å². The zero-order valence-corrected chi connectivity index (χ0v) is 12.5. The van der Waals surface area contributed by atoms with Crippen molar-refractivity contribution in [3.8, 4) is 0 Å². The first-order valence-electron chi connectivity index (χ1n) is 7.21. The summed E-state index contributed by atoms with van der Waals surface area (Å²) >= 11 is 0. The highest BCUT2D eigenvalue weighted by Crippen LogP contribution is 2.37. The van der Waals surface area contributed by atoms with Crippen molar-refractivity contribution in [1.29, 1.82) is 0 Å². The molecule has 1 saturated carbocycles. The van der Waals surface area contributed by atoms with Crippen LogP contribution in [-0.2, 0) is 0 Å². The van der Waals surface area contributed by atoms with E-state index in [9.17, 15) is 4.79 Å². The number of pyridine rings is 1. The molecule has 0 radical (unpaired) electrons. The minimum atomic E-state index is 0. The Morgan fingerprint density at radius 3 is 2.95 bits per heavy atom. The Labute approximate surface area is 129 Å². The van der Waals surface area contributed by atoms with Crippen molar-refractivity contribution in [2.24, 2.45) is 17.6 Å². The normalized spacial score (nSPS) is 27.7. The number of aromatic nitrogens is 2. The number of fused-ring (bicyclic) bond motifs is 2. The molecule has 2 aliphatic rings. The predicted octanol–water partition coefficient (Wildman–Crippen LogP) is 1.57. The lowest BCUT2D eigenvalue weighted by atomic mass is 9.98. The Bertz CT molecular complexity index is 670. The van der Waals surface area contributed by atoms with Crippen molar-refractivity contribution < 1.29 is 4.79 Å². The van der Waals surface area contributed by atoms with E-state index in [2.05, 4.69) is 5.10 Å². The van der Waals surface area contributed by atoms with Gasteiger partial charge in [-0.15, -0.1) is 12.4 Å². The van der Waals surface area contributed by atoms with Gasteiger partial charge in [-0.2, -0.15) is 5.10 Å². The number of halogens is 1. The second-order valence-corrected chi connectivity index (χ2v) is 5.96. The zero-order chi connectivity index (χ0) is 13.7. The molecule has 2 fully saturated rings. The number of likely N-dealkylation sites (tertiary alicyclic amines) is 1. The first-order chi connectivity index (χ1) is 9.74. The summed E-state index contributed by atoms with van der Waals surface area (Å²) in [6.07, 6.45) is 5.80. The van der Waals surface area contributed by atoms with E-state index in [0.717, 1.165) is 31.4 Å². The molecule has 2 aromatic rings. The number of hydrogen-bond acceptors (Lipinski definition) is 3. The Hall–Kier alpha value is -1.59. The molecule has 0 spiro atoms. The van der Waals surface area contributed by atoms with Crippen LogP contribution in [0.5, 0.6) is 0 Å². The topological polar surface area (TPSA) is 63.6 Å². The minimum Gasteiger partial charge on any atom is -0.338 e. The summed E-state index contributed by atoms with van der Waals surface area (Å²) < 4.78 is 1.75. The summed E-state index contributed by atoms with van der Waals surface area (Å²) in [6.45, 7) is 1.65. The lowest BCUT2D eigenvalue weighted by Gasteiger charge is -2.18. The van der Waals surface area contributed by atoms with E-state index in [0.29, 0.717) is 17.4 Å². The summed E-state index contributed by atoms with van der Waals surface area (Å²) in [5, 5.41) is 4.24. The maximum Gasteiger partial charge on any atom is 0.257 e. The van der Waals surface area contributed by atoms with Crippen LogP contribution in [0, 0.1) is 11.8 Å². The smallest absolute Gasteiger partial charge is 0.257 e. The monoisotopic (exact) mass is 306 g/mol. The number of amides is 1. The van der Waals surface area contributed by atoms with Gasteiger partial charge >= 0.3 is 0 Å². The van der Waals surface area contributed by atoms with E-state index in [1.54, 1.807) is 10.7 Å². The number of carbonyl (C=O) groups excluding carboxylic acids is 1. The molecule has 3 atom stereocenters. The number of carbonyl (C=O) groups is 1. The molecule has 0 bridgehead atoms. The SMILES string of the molecule is Cl.NC1CCC2CN(C(=O)c3cnn4ccccc34)CC12. The molecule has 1 aliphatic carbocycles. The van der Waals surface area contributed by atoms with Gasteiger partial charge in [0.2, 0.25) is 0 Å². The lowest BCUT2D eigenvalue weighted by Crippen LogP contribution is -2.33. The van der Waals surface area contributed by atoms with Gasteiger partial charge in [-0.05, 0) is 36.8 Å². The highest BCUT2D eigenvalue weighted by Gasteiger charge is 2.42. The molecule has 2 N–H and O–H groups in total. The van der Waals surface area contributed by atoms with Crippen LogP contribution < -0.4 is 5.73 Å². The lowest BCUT2D eigenvalue weighted by molar-refractivity contribution is 0.0781. The van der Waals surface area contributed by atoms with E-state index in [1.165, 1.54) is 0 Å². The van der Waals surface area contributed by atoms with Gasteiger partial charge < -0.3 is 10.6 Å². The van der Waals surface area contributed by atoms with Gasteiger partial charge in [0.15, 0.2) is 0 Å². The van der Waals surface area contributed by atoms with Crippen molar-refractivity contribution in [2.75, 3.05) is 13.1 Å². The van der Waals surface area contributed by atoms with Gasteiger partial charge in [0, 0.05) is 25.3 Å². The molecule has 21 heavy (non-hydrogen) atoms. The molecule has 2 aromatic heterocycles. The third kappa shape index (κ3) is 2.21. The van der Waals surface area contributed by atoms with Crippen LogP contribution in [0.2, 0.25) is 0 Å². The minimum absolute atomic E-state index is 0. The molecule has 112 valence electrons. The Kier molecular flexibility index (Phi) is 3.63. The molecule has 5 nitrogen and oxygen atoms in total. The standard InChI is InChI=1S/C15H18N4O.ClH/c16-13-5-4-10-8-18(9-12(10)13)15(20)11-7-17-19-6-2-1-3-14(11)19;/h1-3,6-7,10,12-13H,4-5,8-9,16H2;1H. The molecule has 0 aromatic carbocycles. The van der Waals surface area contributed by atoms with E-state index in [4.69, 9.17) is 5.73 Å². The summed E-state index contributed by atoms with van der Waals surface area (Å²) in [6, 6.07) is 6.04. The third-order valence-corrected chi connectivity index (χ3v) is 4.86. The highest BCUT2D eigenvalue weighted by molar-refractivity contribution is 6.00. The molecular weight excluding hydrogens is 288 g/mol. The van der Waals surface area contributed by atoms with Gasteiger partial charge in [0.05, 0.1) is 17.3 Å². The fourth-order valence-corrected chi connectivity index (χ4v) is 3.74. The second kappa shape index (κ2) is 5.31. The van der Waals surface area contributed by atoms with Crippen LogP contribution in [0.25, 0.3) is 5.52 Å². The summed E-state index contributed by atoms with van der Waals surface area (Å²) in [5.41, 5.74) is 7.70. The van der Waals surface area contributed by atoms with Gasteiger partial charge in [0.1, 0.15) is 0 Å². The van der Waals surface area contributed by atoms with Crippen molar-refractivity contribution in [1.82, 2.24) is 14.5 Å². The molecule has 4 rings (SSSR count). The van der Waals surface area contributed by atoms with Crippen molar-refractivity contribution >= 4 is 23.8 Å². The van der Waals surface area contributed by atoms with E-state index in [1.807, 2.05) is 29.3 Å². The first kappa shape index (κ1) is 14.4. The largest absolute Gasteiger partial charge is 0.338 e. The third-order valence-electron chi connectivity index (χ3n) is 4.86. The number of nitrogens with zero attached hydrogens (tertiary/aromatic N) is 3. The average molecular weight is 307 g/mol. The van der Waals surface area contributed by atoms with Gasteiger partial charge in [-0.1, -0.05) is 6.07 Å².